The van der Waals surface area contributed by atoms with Crippen molar-refractivity contribution in [2.75, 3.05) is 36.6 Å². The van der Waals surface area contributed by atoms with Crippen LogP contribution in [0, 0.1) is 0 Å². The molecule has 0 aliphatic rings. The maximum atomic E-state index is 12.3. The second kappa shape index (κ2) is 6.45. The summed E-state index contributed by atoms with van der Waals surface area (Å²) in [7, 11) is -2.27. The van der Waals surface area contributed by atoms with E-state index in [0.717, 1.165) is 11.3 Å². The molecule has 0 aliphatic heterocycles. The first-order valence-corrected chi connectivity index (χ1v) is 8.79. The SMILES string of the molecule is CCN(CC)c1sc(C(=O)OC)c(N)c1S(=O)(=O)CC. The van der Waals surface area contributed by atoms with E-state index in [0.29, 0.717) is 18.1 Å². The molecule has 0 aromatic carbocycles. The largest absolute Gasteiger partial charge is 0.465 e. The minimum atomic E-state index is -3.51. The molecule has 0 atom stereocenters. The van der Waals surface area contributed by atoms with Crippen molar-refractivity contribution >= 4 is 37.8 Å². The van der Waals surface area contributed by atoms with E-state index in [1.807, 2.05) is 18.7 Å². The van der Waals surface area contributed by atoms with Crippen LogP contribution in [-0.4, -0.2) is 40.3 Å². The lowest BCUT2D eigenvalue weighted by atomic mass is 10.4. The van der Waals surface area contributed by atoms with Crippen LogP contribution in [0.25, 0.3) is 0 Å². The van der Waals surface area contributed by atoms with Gasteiger partial charge in [0.2, 0.25) is 0 Å². The van der Waals surface area contributed by atoms with Gasteiger partial charge in [-0.05, 0) is 13.8 Å². The topological polar surface area (TPSA) is 89.7 Å². The summed E-state index contributed by atoms with van der Waals surface area (Å²) < 4.78 is 29.2. The molecule has 114 valence electrons. The van der Waals surface area contributed by atoms with E-state index in [-0.39, 0.29) is 21.2 Å². The molecule has 0 saturated heterocycles. The van der Waals surface area contributed by atoms with Crippen molar-refractivity contribution in [2.45, 2.75) is 25.7 Å². The van der Waals surface area contributed by atoms with Crippen LogP contribution in [0.5, 0.6) is 0 Å². The highest BCUT2D eigenvalue weighted by Crippen LogP contribution is 2.42. The van der Waals surface area contributed by atoms with Gasteiger partial charge in [-0.1, -0.05) is 6.92 Å². The van der Waals surface area contributed by atoms with Crippen molar-refractivity contribution in [1.29, 1.82) is 0 Å². The van der Waals surface area contributed by atoms with E-state index < -0.39 is 15.8 Å². The number of thiophene rings is 1. The predicted molar refractivity (Wildman–Crippen MR) is 81.4 cm³/mol. The van der Waals surface area contributed by atoms with Crippen molar-refractivity contribution in [2.24, 2.45) is 0 Å². The molecule has 0 fully saturated rings. The molecular weight excluding hydrogens is 300 g/mol. The lowest BCUT2D eigenvalue weighted by molar-refractivity contribution is 0.0607. The maximum Gasteiger partial charge on any atom is 0.350 e. The number of rotatable bonds is 6. The Morgan fingerprint density at radius 2 is 1.85 bits per heavy atom. The van der Waals surface area contributed by atoms with Crippen LogP contribution in [0.3, 0.4) is 0 Å². The number of ether oxygens (including phenoxy) is 1. The van der Waals surface area contributed by atoms with Crippen molar-refractivity contribution < 1.29 is 17.9 Å². The van der Waals surface area contributed by atoms with E-state index in [1.54, 1.807) is 6.92 Å². The summed E-state index contributed by atoms with van der Waals surface area (Å²) in [6, 6.07) is 0. The predicted octanol–water partition coefficient (Wildman–Crippen LogP) is 1.76. The molecule has 0 saturated carbocycles. The van der Waals surface area contributed by atoms with Crippen LogP contribution in [-0.2, 0) is 14.6 Å². The fourth-order valence-electron chi connectivity index (χ4n) is 1.82. The first kappa shape index (κ1) is 16.8. The van der Waals surface area contributed by atoms with E-state index >= 15 is 0 Å². The number of methoxy groups -OCH3 is 1. The normalized spacial score (nSPS) is 11.4. The third kappa shape index (κ3) is 2.90. The Balaban J connectivity index is 3.61. The van der Waals surface area contributed by atoms with Gasteiger partial charge in [-0.25, -0.2) is 13.2 Å². The van der Waals surface area contributed by atoms with Crippen molar-refractivity contribution in [3.8, 4) is 0 Å². The summed E-state index contributed by atoms with van der Waals surface area (Å²) >= 11 is 1.07. The van der Waals surface area contributed by atoms with Crippen LogP contribution < -0.4 is 10.6 Å². The summed E-state index contributed by atoms with van der Waals surface area (Å²) in [5, 5.41) is 0.509. The van der Waals surface area contributed by atoms with Crippen LogP contribution in [0.4, 0.5) is 10.7 Å². The average molecular weight is 320 g/mol. The maximum absolute atomic E-state index is 12.3. The number of nitrogens with two attached hydrogens (primary N) is 1. The third-order valence-electron chi connectivity index (χ3n) is 2.99. The van der Waals surface area contributed by atoms with Gasteiger partial charge in [0.1, 0.15) is 14.8 Å². The first-order chi connectivity index (χ1) is 9.33. The number of nitrogens with zero attached hydrogens (tertiary/aromatic N) is 1. The van der Waals surface area contributed by atoms with Gasteiger partial charge in [-0.2, -0.15) is 0 Å². The minimum absolute atomic E-state index is 0.00870. The molecule has 0 bridgehead atoms. The second-order valence-electron chi connectivity index (χ2n) is 4.05. The molecule has 0 radical (unpaired) electrons. The highest BCUT2D eigenvalue weighted by atomic mass is 32.2. The molecule has 8 heteroatoms. The summed E-state index contributed by atoms with van der Waals surface area (Å²) in [6.45, 7) is 6.64. The number of esters is 1. The minimum Gasteiger partial charge on any atom is -0.465 e. The Labute approximate surface area is 123 Å². The molecule has 0 amide bonds. The van der Waals surface area contributed by atoms with E-state index in [2.05, 4.69) is 4.74 Å². The molecule has 1 rings (SSSR count). The molecule has 0 aliphatic carbocycles. The first-order valence-electron chi connectivity index (χ1n) is 6.32. The van der Waals surface area contributed by atoms with Gasteiger partial charge in [0, 0.05) is 13.1 Å². The quantitative estimate of drug-likeness (QED) is 0.803. The lowest BCUT2D eigenvalue weighted by Gasteiger charge is -2.20. The monoisotopic (exact) mass is 320 g/mol. The van der Waals surface area contributed by atoms with Gasteiger partial charge < -0.3 is 15.4 Å². The zero-order valence-corrected chi connectivity index (χ0v) is 13.7. The Bertz CT molecular complexity index is 589. The van der Waals surface area contributed by atoms with Gasteiger partial charge in [-0.3, -0.25) is 0 Å². The summed E-state index contributed by atoms with van der Waals surface area (Å²) in [5.74, 6) is -0.679. The van der Waals surface area contributed by atoms with Gasteiger partial charge in [0.25, 0.3) is 0 Å². The average Bonchev–Trinajstić information content (AvgIpc) is 2.77. The zero-order valence-electron chi connectivity index (χ0n) is 12.1. The number of nitrogen functional groups attached to an aromatic ring is 1. The van der Waals surface area contributed by atoms with Crippen molar-refractivity contribution in [3.63, 3.8) is 0 Å². The standard InChI is InChI=1S/C12H20N2O4S2/c1-5-14(6-2)11-10(20(16,17)7-3)8(13)9(19-11)12(15)18-4/h5-7,13H2,1-4H3. The number of hydrogen-bond acceptors (Lipinski definition) is 7. The van der Waals surface area contributed by atoms with Crippen LogP contribution in [0.2, 0.25) is 0 Å². The van der Waals surface area contributed by atoms with E-state index in [9.17, 15) is 13.2 Å². The molecular formula is C12H20N2O4S2. The molecule has 2 N–H and O–H groups in total. The lowest BCUT2D eigenvalue weighted by Crippen LogP contribution is -2.23. The Kier molecular flexibility index (Phi) is 5.41. The van der Waals surface area contributed by atoms with E-state index in [1.165, 1.54) is 7.11 Å². The van der Waals surface area contributed by atoms with Crippen molar-refractivity contribution in [3.05, 3.63) is 4.88 Å². The van der Waals surface area contributed by atoms with Gasteiger partial charge in [0.05, 0.1) is 18.6 Å². The van der Waals surface area contributed by atoms with Gasteiger partial charge in [-0.15, -0.1) is 11.3 Å². The third-order valence-corrected chi connectivity index (χ3v) is 6.17. The van der Waals surface area contributed by atoms with Gasteiger partial charge in [0.15, 0.2) is 9.84 Å². The number of hydrogen-bond donors (Lipinski definition) is 1. The summed E-state index contributed by atoms with van der Waals surface area (Å²) in [5.41, 5.74) is 5.88. The van der Waals surface area contributed by atoms with Crippen LogP contribution in [0.15, 0.2) is 4.90 Å². The Morgan fingerprint density at radius 1 is 1.30 bits per heavy atom. The highest BCUT2D eigenvalue weighted by Gasteiger charge is 2.30. The zero-order chi connectivity index (χ0) is 15.5. The number of carbonyl (C=O) groups excluding carboxylic acids is 1. The van der Waals surface area contributed by atoms with Crippen LogP contribution in [0.1, 0.15) is 30.4 Å². The number of carbonyl (C=O) groups is 1. The van der Waals surface area contributed by atoms with Gasteiger partial charge >= 0.3 is 5.97 Å². The molecule has 1 aromatic rings. The molecule has 0 spiro atoms. The summed E-state index contributed by atoms with van der Waals surface area (Å²) in [6.07, 6.45) is 0. The number of anilines is 2. The smallest absolute Gasteiger partial charge is 0.350 e. The van der Waals surface area contributed by atoms with Crippen molar-refractivity contribution in [1.82, 2.24) is 0 Å². The molecule has 20 heavy (non-hydrogen) atoms. The molecule has 6 nitrogen and oxygen atoms in total. The highest BCUT2D eigenvalue weighted by molar-refractivity contribution is 7.92. The second-order valence-corrected chi connectivity index (χ2v) is 7.26. The molecule has 1 heterocycles. The Morgan fingerprint density at radius 3 is 2.25 bits per heavy atom. The van der Waals surface area contributed by atoms with E-state index in [4.69, 9.17) is 5.73 Å². The number of sulfone groups is 1. The fourth-order valence-corrected chi connectivity index (χ4v) is 4.68. The molecule has 1 aromatic heterocycles. The fraction of sp³-hybridized carbons (Fsp3) is 0.583. The molecule has 0 unspecified atom stereocenters. The Hall–Kier alpha value is -1.28. The van der Waals surface area contributed by atoms with Crippen LogP contribution >= 0.6 is 11.3 Å². The summed E-state index contributed by atoms with van der Waals surface area (Å²) in [4.78, 5) is 13.8.